The number of rotatable bonds is 6. The van der Waals surface area contributed by atoms with E-state index in [1.165, 1.54) is 17.2 Å². The Kier molecular flexibility index (Phi) is 6.51. The van der Waals surface area contributed by atoms with Crippen molar-refractivity contribution in [3.8, 4) is 5.75 Å². The highest BCUT2D eigenvalue weighted by atomic mass is 19.4. The number of para-hydroxylation sites is 1. The fourth-order valence-corrected chi connectivity index (χ4v) is 5.13. The lowest BCUT2D eigenvalue weighted by molar-refractivity contribution is -0.137. The van der Waals surface area contributed by atoms with Gasteiger partial charge in [0.05, 0.1) is 23.0 Å². The number of carbonyl (C=O) groups is 2. The van der Waals surface area contributed by atoms with Crippen LogP contribution in [-0.4, -0.2) is 17.9 Å². The molecule has 3 unspecified atom stereocenters. The molecular weight excluding hydrogens is 521 g/mol. The number of benzene rings is 4. The molecule has 4 aromatic carbocycles. The van der Waals surface area contributed by atoms with Crippen LogP contribution in [0.25, 0.3) is 0 Å². The van der Waals surface area contributed by atoms with Crippen molar-refractivity contribution >= 4 is 23.2 Å². The Balaban J connectivity index is 1.32. The lowest BCUT2D eigenvalue weighted by Gasteiger charge is -2.29. The van der Waals surface area contributed by atoms with Crippen LogP contribution in [0.15, 0.2) is 109 Å². The minimum atomic E-state index is -4.62. The summed E-state index contributed by atoms with van der Waals surface area (Å²) in [6.45, 7) is 0.381. The average molecular weight is 545 g/mol. The normalized spacial score (nSPS) is 20.6. The molecule has 6 nitrogen and oxygen atoms in total. The molecule has 2 amide bonds. The van der Waals surface area contributed by atoms with Gasteiger partial charge < -0.3 is 4.74 Å². The van der Waals surface area contributed by atoms with Crippen molar-refractivity contribution in [2.45, 2.75) is 24.9 Å². The minimum Gasteiger partial charge on any atom is -0.489 e. The summed E-state index contributed by atoms with van der Waals surface area (Å²) in [6, 6.07) is 29.4. The van der Waals surface area contributed by atoms with Crippen molar-refractivity contribution in [3.05, 3.63) is 126 Å². The van der Waals surface area contributed by atoms with E-state index >= 15 is 0 Å². The number of hydroxylamine groups is 1. The maximum atomic E-state index is 13.7. The average Bonchev–Trinajstić information content (AvgIpc) is 3.48. The molecule has 0 aliphatic carbocycles. The number of halogens is 3. The number of fused-ring (bicyclic) bond motifs is 1. The van der Waals surface area contributed by atoms with Gasteiger partial charge in [-0.2, -0.15) is 13.2 Å². The second-order valence-electron chi connectivity index (χ2n) is 9.56. The first kappa shape index (κ1) is 25.6. The summed E-state index contributed by atoms with van der Waals surface area (Å²) in [5.41, 5.74) is 1.25. The van der Waals surface area contributed by atoms with Gasteiger partial charge in [0.25, 0.3) is 5.91 Å². The Morgan fingerprint density at radius 3 is 2.08 bits per heavy atom. The number of ether oxygens (including phenoxy) is 1. The van der Waals surface area contributed by atoms with Gasteiger partial charge in [0.15, 0.2) is 6.10 Å². The highest BCUT2D eigenvalue weighted by Gasteiger charge is 2.60. The van der Waals surface area contributed by atoms with Gasteiger partial charge in [0.1, 0.15) is 18.3 Å². The van der Waals surface area contributed by atoms with Gasteiger partial charge in [-0.3, -0.25) is 14.4 Å². The summed E-state index contributed by atoms with van der Waals surface area (Å²) in [7, 11) is 0. The van der Waals surface area contributed by atoms with E-state index in [0.29, 0.717) is 23.6 Å². The third-order valence-corrected chi connectivity index (χ3v) is 7.03. The zero-order valence-electron chi connectivity index (χ0n) is 21.0. The molecule has 0 saturated carbocycles. The molecule has 2 aliphatic heterocycles. The number of hydrogen-bond acceptors (Lipinski definition) is 5. The third kappa shape index (κ3) is 4.69. The van der Waals surface area contributed by atoms with E-state index in [2.05, 4.69) is 0 Å². The van der Waals surface area contributed by atoms with Gasteiger partial charge in [-0.05, 0) is 53.6 Å². The molecule has 6 rings (SSSR count). The molecule has 0 bridgehead atoms. The molecule has 0 aromatic heterocycles. The number of carbonyl (C=O) groups excluding carboxylic acids is 2. The summed E-state index contributed by atoms with van der Waals surface area (Å²) in [5, 5.41) is 1.54. The molecular formula is C31H23F3N2O4. The largest absolute Gasteiger partial charge is 0.489 e. The van der Waals surface area contributed by atoms with Gasteiger partial charge in [-0.1, -0.05) is 66.7 Å². The number of hydrogen-bond donors (Lipinski definition) is 0. The highest BCUT2D eigenvalue weighted by molar-refractivity contribution is 6.24. The summed E-state index contributed by atoms with van der Waals surface area (Å²) < 4.78 is 46.0. The predicted octanol–water partition coefficient (Wildman–Crippen LogP) is 6.34. The SMILES string of the molecule is O=C1C2ON(c3ccccc3)C(c3ccc(OCc4ccccc4)cc3)C2C(=O)N1c1cccc(C(F)(F)F)c1. The van der Waals surface area contributed by atoms with E-state index in [9.17, 15) is 22.8 Å². The van der Waals surface area contributed by atoms with Crippen LogP contribution in [0.1, 0.15) is 22.7 Å². The first-order valence-corrected chi connectivity index (χ1v) is 12.6. The number of amides is 2. The molecule has 0 radical (unpaired) electrons. The van der Waals surface area contributed by atoms with Crippen molar-refractivity contribution < 1.29 is 32.3 Å². The standard InChI is InChI=1S/C31H23F3N2O4/c32-31(33,34)22-10-7-13-24(18-22)35-29(37)26-27(36(40-28(26)30(35)38)23-11-5-2-6-12-23)21-14-16-25(17-15-21)39-19-20-8-3-1-4-9-20/h1-18,26-28H,19H2. The van der Waals surface area contributed by atoms with Gasteiger partial charge in [-0.15, -0.1) is 0 Å². The van der Waals surface area contributed by atoms with Gasteiger partial charge >= 0.3 is 6.18 Å². The topological polar surface area (TPSA) is 59.1 Å². The van der Waals surface area contributed by atoms with E-state index in [1.807, 2.05) is 48.5 Å². The molecule has 40 heavy (non-hydrogen) atoms. The maximum Gasteiger partial charge on any atom is 0.416 e. The molecule has 2 saturated heterocycles. The quantitative estimate of drug-likeness (QED) is 0.265. The third-order valence-electron chi connectivity index (χ3n) is 7.03. The van der Waals surface area contributed by atoms with Crippen LogP contribution < -0.4 is 14.7 Å². The van der Waals surface area contributed by atoms with Crippen molar-refractivity contribution in [3.63, 3.8) is 0 Å². The molecule has 9 heteroatoms. The summed E-state index contributed by atoms with van der Waals surface area (Å²) >= 11 is 0. The van der Waals surface area contributed by atoms with Gasteiger partial charge in [-0.25, -0.2) is 9.96 Å². The maximum absolute atomic E-state index is 13.7. The van der Waals surface area contributed by atoms with E-state index < -0.39 is 41.6 Å². The molecule has 2 fully saturated rings. The lowest BCUT2D eigenvalue weighted by Crippen LogP contribution is -2.37. The molecule has 0 spiro atoms. The first-order chi connectivity index (χ1) is 19.3. The summed E-state index contributed by atoms with van der Waals surface area (Å²) in [5.74, 6) is -1.69. The Bertz CT molecular complexity index is 1530. The number of nitrogens with zero attached hydrogens (tertiary/aromatic N) is 2. The van der Waals surface area contributed by atoms with Crippen molar-refractivity contribution in [2.75, 3.05) is 9.96 Å². The van der Waals surface area contributed by atoms with Crippen molar-refractivity contribution in [1.29, 1.82) is 0 Å². The summed E-state index contributed by atoms with van der Waals surface area (Å²) in [4.78, 5) is 34.1. The van der Waals surface area contributed by atoms with E-state index in [1.54, 1.807) is 36.4 Å². The van der Waals surface area contributed by atoms with Gasteiger partial charge in [0, 0.05) is 0 Å². The Labute approximate surface area is 228 Å². The Morgan fingerprint density at radius 1 is 0.750 bits per heavy atom. The van der Waals surface area contributed by atoms with Crippen LogP contribution in [0.2, 0.25) is 0 Å². The van der Waals surface area contributed by atoms with Crippen LogP contribution in [0.4, 0.5) is 24.5 Å². The van der Waals surface area contributed by atoms with Gasteiger partial charge in [0.2, 0.25) is 5.91 Å². The van der Waals surface area contributed by atoms with Crippen molar-refractivity contribution in [2.24, 2.45) is 5.92 Å². The Morgan fingerprint density at radius 2 is 1.40 bits per heavy atom. The number of alkyl halides is 3. The van der Waals surface area contributed by atoms with E-state index in [-0.39, 0.29) is 5.69 Å². The zero-order valence-corrected chi connectivity index (χ0v) is 21.0. The summed E-state index contributed by atoms with van der Waals surface area (Å²) in [6.07, 6.45) is -5.81. The number of imide groups is 1. The molecule has 202 valence electrons. The Hall–Kier alpha value is -4.63. The molecule has 0 N–H and O–H groups in total. The van der Waals surface area contributed by atoms with Crippen LogP contribution in [-0.2, 0) is 27.2 Å². The first-order valence-electron chi connectivity index (χ1n) is 12.6. The van der Waals surface area contributed by atoms with Crippen LogP contribution >= 0.6 is 0 Å². The van der Waals surface area contributed by atoms with E-state index in [4.69, 9.17) is 9.57 Å². The fourth-order valence-electron chi connectivity index (χ4n) is 5.13. The van der Waals surface area contributed by atoms with E-state index in [0.717, 1.165) is 22.6 Å². The molecule has 2 aliphatic rings. The second-order valence-corrected chi connectivity index (χ2v) is 9.56. The molecule has 3 atom stereocenters. The molecule has 4 aromatic rings. The minimum absolute atomic E-state index is 0.141. The highest BCUT2D eigenvalue weighted by Crippen LogP contribution is 2.48. The monoisotopic (exact) mass is 544 g/mol. The fraction of sp³-hybridized carbons (Fsp3) is 0.161. The second kappa shape index (κ2) is 10.2. The molecule has 2 heterocycles. The van der Waals surface area contributed by atoms with Crippen LogP contribution in [0, 0.1) is 5.92 Å². The smallest absolute Gasteiger partial charge is 0.416 e. The number of anilines is 2. The predicted molar refractivity (Wildman–Crippen MR) is 141 cm³/mol. The van der Waals surface area contributed by atoms with Crippen LogP contribution in [0.5, 0.6) is 5.75 Å². The van der Waals surface area contributed by atoms with Crippen LogP contribution in [0.3, 0.4) is 0 Å². The lowest BCUT2D eigenvalue weighted by atomic mass is 9.90. The zero-order chi connectivity index (χ0) is 27.9. The van der Waals surface area contributed by atoms with Crippen molar-refractivity contribution in [1.82, 2.24) is 0 Å².